The van der Waals surface area contributed by atoms with Crippen molar-refractivity contribution in [2.75, 3.05) is 5.73 Å². The number of anilines is 1. The molecule has 1 aromatic carbocycles. The van der Waals surface area contributed by atoms with E-state index in [1.807, 2.05) is 19.9 Å². The molecular weight excluding hydrogens is 284 g/mol. The van der Waals surface area contributed by atoms with Crippen LogP contribution in [0.2, 0.25) is 0 Å². The van der Waals surface area contributed by atoms with E-state index >= 15 is 0 Å². The number of hydrogen-bond acceptors (Lipinski definition) is 3. The van der Waals surface area contributed by atoms with E-state index in [1.54, 1.807) is 6.92 Å². The van der Waals surface area contributed by atoms with Gasteiger partial charge in [-0.2, -0.15) is 0 Å². The molecule has 1 aromatic rings. The monoisotopic (exact) mass is 310 g/mol. The van der Waals surface area contributed by atoms with E-state index in [0.29, 0.717) is 16.1 Å². The molecule has 5 heteroatoms. The van der Waals surface area contributed by atoms with Crippen molar-refractivity contribution in [1.82, 2.24) is 4.72 Å². The highest BCUT2D eigenvalue weighted by Gasteiger charge is 2.34. The fraction of sp³-hybridized carbons (Fsp3) is 0.625. The fourth-order valence-corrected chi connectivity index (χ4v) is 5.16. The highest BCUT2D eigenvalue weighted by molar-refractivity contribution is 7.89. The Morgan fingerprint density at radius 3 is 2.38 bits per heavy atom. The summed E-state index contributed by atoms with van der Waals surface area (Å²) in [6.45, 7) is 9.87. The average Bonchev–Trinajstić information content (AvgIpc) is 2.64. The number of rotatable bonds is 3. The first-order valence-corrected chi connectivity index (χ1v) is 8.90. The summed E-state index contributed by atoms with van der Waals surface area (Å²) >= 11 is 0. The predicted octanol–water partition coefficient (Wildman–Crippen LogP) is 3.05. The van der Waals surface area contributed by atoms with Crippen LogP contribution in [0.15, 0.2) is 11.0 Å². The van der Waals surface area contributed by atoms with Crippen molar-refractivity contribution in [3.05, 3.63) is 22.8 Å². The Hall–Kier alpha value is -1.07. The molecule has 118 valence electrons. The van der Waals surface area contributed by atoms with Gasteiger partial charge in [0.15, 0.2) is 0 Å². The zero-order chi connectivity index (χ0) is 16.0. The van der Waals surface area contributed by atoms with Crippen molar-refractivity contribution >= 4 is 15.7 Å². The second-order valence-corrected chi connectivity index (χ2v) is 8.75. The molecule has 1 atom stereocenters. The van der Waals surface area contributed by atoms with Crippen LogP contribution in [0.5, 0.6) is 0 Å². The summed E-state index contributed by atoms with van der Waals surface area (Å²) in [5.41, 5.74) is 9.11. The lowest BCUT2D eigenvalue weighted by Gasteiger charge is -2.20. The first-order valence-electron chi connectivity index (χ1n) is 7.42. The molecule has 0 bridgehead atoms. The van der Waals surface area contributed by atoms with Crippen molar-refractivity contribution < 1.29 is 8.42 Å². The Labute approximate surface area is 128 Å². The number of benzene rings is 1. The summed E-state index contributed by atoms with van der Waals surface area (Å²) in [4.78, 5) is 0.343. The van der Waals surface area contributed by atoms with E-state index < -0.39 is 10.0 Å². The molecule has 0 saturated heterocycles. The van der Waals surface area contributed by atoms with Crippen LogP contribution >= 0.6 is 0 Å². The molecule has 2 rings (SSSR count). The number of nitrogen functional groups attached to an aromatic ring is 1. The summed E-state index contributed by atoms with van der Waals surface area (Å²) in [5.74, 6) is 0. The molecule has 1 saturated carbocycles. The van der Waals surface area contributed by atoms with Crippen LogP contribution < -0.4 is 10.5 Å². The van der Waals surface area contributed by atoms with Crippen LogP contribution in [-0.2, 0) is 10.0 Å². The van der Waals surface area contributed by atoms with E-state index in [1.165, 1.54) is 0 Å². The van der Waals surface area contributed by atoms with Gasteiger partial charge >= 0.3 is 0 Å². The molecule has 21 heavy (non-hydrogen) atoms. The predicted molar refractivity (Wildman–Crippen MR) is 86.8 cm³/mol. The summed E-state index contributed by atoms with van der Waals surface area (Å²) < 4.78 is 28.3. The zero-order valence-corrected chi connectivity index (χ0v) is 14.4. The van der Waals surface area contributed by atoms with Gasteiger partial charge < -0.3 is 5.73 Å². The van der Waals surface area contributed by atoms with E-state index in [-0.39, 0.29) is 11.5 Å². The number of aryl methyl sites for hydroxylation is 2. The minimum Gasteiger partial charge on any atom is -0.398 e. The van der Waals surface area contributed by atoms with Crippen molar-refractivity contribution in [2.24, 2.45) is 5.41 Å². The minimum absolute atomic E-state index is 0.0197. The van der Waals surface area contributed by atoms with Gasteiger partial charge in [0.2, 0.25) is 10.0 Å². The maximum atomic E-state index is 12.7. The Morgan fingerprint density at radius 2 is 1.86 bits per heavy atom. The maximum absolute atomic E-state index is 12.7. The Kier molecular flexibility index (Phi) is 4.10. The summed E-state index contributed by atoms with van der Waals surface area (Å²) in [6, 6.07) is 1.86. The number of nitrogens with two attached hydrogens (primary N) is 1. The molecule has 0 aromatic heterocycles. The average molecular weight is 310 g/mol. The summed E-state index contributed by atoms with van der Waals surface area (Å²) in [5, 5.41) is 0. The van der Waals surface area contributed by atoms with E-state index in [2.05, 4.69) is 18.6 Å². The first-order chi connectivity index (χ1) is 9.53. The van der Waals surface area contributed by atoms with Gasteiger partial charge in [-0.05, 0) is 62.1 Å². The van der Waals surface area contributed by atoms with Gasteiger partial charge in [0.25, 0.3) is 0 Å². The van der Waals surface area contributed by atoms with Crippen LogP contribution in [-0.4, -0.2) is 14.5 Å². The molecule has 0 spiro atoms. The molecule has 1 aliphatic carbocycles. The normalized spacial score (nSPS) is 21.7. The molecule has 1 unspecified atom stereocenters. The quantitative estimate of drug-likeness (QED) is 0.843. The molecule has 4 nitrogen and oxygen atoms in total. The van der Waals surface area contributed by atoms with Crippen LogP contribution in [0.4, 0.5) is 5.69 Å². The van der Waals surface area contributed by atoms with Gasteiger partial charge in [-0.25, -0.2) is 13.1 Å². The lowest BCUT2D eigenvalue weighted by atomic mass is 9.92. The van der Waals surface area contributed by atoms with Crippen molar-refractivity contribution in [3.8, 4) is 0 Å². The third-order valence-electron chi connectivity index (χ3n) is 4.52. The van der Waals surface area contributed by atoms with Crippen molar-refractivity contribution in [1.29, 1.82) is 0 Å². The zero-order valence-electron chi connectivity index (χ0n) is 13.6. The van der Waals surface area contributed by atoms with Crippen LogP contribution in [0, 0.1) is 26.2 Å². The highest BCUT2D eigenvalue weighted by Crippen LogP contribution is 2.38. The van der Waals surface area contributed by atoms with Gasteiger partial charge in [0.05, 0.1) is 4.90 Å². The topological polar surface area (TPSA) is 72.2 Å². The van der Waals surface area contributed by atoms with E-state index in [0.717, 1.165) is 30.4 Å². The van der Waals surface area contributed by atoms with Crippen molar-refractivity contribution in [3.63, 3.8) is 0 Å². The van der Waals surface area contributed by atoms with Gasteiger partial charge in [0, 0.05) is 11.7 Å². The van der Waals surface area contributed by atoms with Crippen molar-refractivity contribution in [2.45, 2.75) is 64.8 Å². The largest absolute Gasteiger partial charge is 0.398 e. The molecule has 0 amide bonds. The Bertz CT molecular complexity index is 663. The van der Waals surface area contributed by atoms with Crippen LogP contribution in [0.1, 0.15) is 49.8 Å². The van der Waals surface area contributed by atoms with Crippen LogP contribution in [0.25, 0.3) is 0 Å². The Balaban J connectivity index is 2.35. The molecule has 0 heterocycles. The second-order valence-electron chi connectivity index (χ2n) is 7.10. The van der Waals surface area contributed by atoms with Gasteiger partial charge in [0.1, 0.15) is 0 Å². The molecule has 0 radical (unpaired) electrons. The van der Waals surface area contributed by atoms with Crippen LogP contribution in [0.3, 0.4) is 0 Å². The lowest BCUT2D eigenvalue weighted by Crippen LogP contribution is -2.34. The minimum atomic E-state index is -3.52. The van der Waals surface area contributed by atoms with E-state index in [4.69, 9.17) is 5.73 Å². The molecule has 3 N–H and O–H groups in total. The molecule has 0 aliphatic heterocycles. The molecule has 1 aliphatic rings. The SMILES string of the molecule is Cc1cc(C)c(S(=O)(=O)NC2CCC(C)(C)C2)c(C)c1N. The number of hydrogen-bond donors (Lipinski definition) is 2. The van der Waals surface area contributed by atoms with Gasteiger partial charge in [-0.15, -0.1) is 0 Å². The third kappa shape index (κ3) is 3.24. The number of nitrogens with one attached hydrogen (secondary N) is 1. The number of sulfonamides is 1. The highest BCUT2D eigenvalue weighted by atomic mass is 32.2. The second kappa shape index (κ2) is 5.29. The van der Waals surface area contributed by atoms with E-state index in [9.17, 15) is 8.42 Å². The standard InChI is InChI=1S/C16H26N2O2S/c1-10-8-11(2)15(12(3)14(10)17)21(19,20)18-13-6-7-16(4,5)9-13/h8,13,18H,6-7,9,17H2,1-5H3. The third-order valence-corrected chi connectivity index (χ3v) is 6.33. The van der Waals surface area contributed by atoms with Gasteiger partial charge in [-0.3, -0.25) is 0 Å². The lowest BCUT2D eigenvalue weighted by molar-refractivity contribution is 0.372. The maximum Gasteiger partial charge on any atom is 0.241 e. The molecule has 1 fully saturated rings. The summed E-state index contributed by atoms with van der Waals surface area (Å²) in [7, 11) is -3.52. The summed E-state index contributed by atoms with van der Waals surface area (Å²) in [6.07, 6.45) is 2.82. The smallest absolute Gasteiger partial charge is 0.241 e. The first kappa shape index (κ1) is 16.3. The Morgan fingerprint density at radius 1 is 1.24 bits per heavy atom. The molecular formula is C16H26N2O2S. The fourth-order valence-electron chi connectivity index (χ4n) is 3.41. The van der Waals surface area contributed by atoms with Gasteiger partial charge in [-0.1, -0.05) is 19.9 Å².